The number of ether oxygens (including phenoxy) is 1. The standard InChI is InChI=1S/C23H23N3O3S/c1-29-18-12-10-16(11-13-18)19-15-30-23(24-19)25-21(27)20-9-5-6-14-26(20)22(28)17-7-3-2-4-8-17/h2-4,7-8,10-13,15,20H,5-6,9,14H2,1H3,(H,24,25,27)/t20-/m1/s1. The minimum Gasteiger partial charge on any atom is -0.497 e. The Bertz CT molecular complexity index is 1020. The highest BCUT2D eigenvalue weighted by Crippen LogP contribution is 2.27. The lowest BCUT2D eigenvalue weighted by atomic mass is 10.00. The molecular formula is C23H23N3O3S. The molecule has 2 aromatic carbocycles. The lowest BCUT2D eigenvalue weighted by Crippen LogP contribution is -2.50. The normalized spacial score (nSPS) is 16.2. The molecule has 0 radical (unpaired) electrons. The van der Waals surface area contributed by atoms with E-state index in [1.165, 1.54) is 11.3 Å². The van der Waals surface area contributed by atoms with E-state index in [4.69, 9.17) is 4.74 Å². The van der Waals surface area contributed by atoms with Crippen molar-refractivity contribution < 1.29 is 14.3 Å². The van der Waals surface area contributed by atoms with Gasteiger partial charge in [-0.15, -0.1) is 11.3 Å². The van der Waals surface area contributed by atoms with E-state index >= 15 is 0 Å². The van der Waals surface area contributed by atoms with Crippen LogP contribution >= 0.6 is 11.3 Å². The van der Waals surface area contributed by atoms with Crippen LogP contribution in [0.1, 0.15) is 29.6 Å². The minimum absolute atomic E-state index is 0.103. The molecule has 1 N–H and O–H groups in total. The predicted molar refractivity (Wildman–Crippen MR) is 118 cm³/mol. The number of anilines is 1. The third-order valence-corrected chi connectivity index (χ3v) is 5.96. The highest BCUT2D eigenvalue weighted by molar-refractivity contribution is 7.14. The number of thiazole rings is 1. The van der Waals surface area contributed by atoms with Gasteiger partial charge in [0, 0.05) is 23.1 Å². The van der Waals surface area contributed by atoms with Crippen molar-refractivity contribution in [2.45, 2.75) is 25.3 Å². The highest BCUT2D eigenvalue weighted by Gasteiger charge is 2.33. The van der Waals surface area contributed by atoms with Gasteiger partial charge >= 0.3 is 0 Å². The summed E-state index contributed by atoms with van der Waals surface area (Å²) in [7, 11) is 1.63. The number of hydrogen-bond acceptors (Lipinski definition) is 5. The molecular weight excluding hydrogens is 398 g/mol. The molecule has 1 fully saturated rings. The molecule has 0 saturated carbocycles. The summed E-state index contributed by atoms with van der Waals surface area (Å²) in [6.45, 7) is 0.584. The van der Waals surface area contributed by atoms with Crippen LogP contribution in [0.15, 0.2) is 60.0 Å². The first-order chi connectivity index (χ1) is 14.7. The van der Waals surface area contributed by atoms with Gasteiger partial charge < -0.3 is 15.0 Å². The van der Waals surface area contributed by atoms with Gasteiger partial charge in [0.1, 0.15) is 11.8 Å². The molecule has 1 saturated heterocycles. The fourth-order valence-electron chi connectivity index (χ4n) is 3.61. The summed E-state index contributed by atoms with van der Waals surface area (Å²) in [5, 5.41) is 5.35. The maximum Gasteiger partial charge on any atom is 0.254 e. The van der Waals surface area contributed by atoms with Gasteiger partial charge in [0.05, 0.1) is 12.8 Å². The van der Waals surface area contributed by atoms with Crippen molar-refractivity contribution in [1.82, 2.24) is 9.88 Å². The molecule has 4 rings (SSSR count). The Kier molecular flexibility index (Phi) is 6.09. The van der Waals surface area contributed by atoms with Gasteiger partial charge in [-0.1, -0.05) is 18.2 Å². The fourth-order valence-corrected chi connectivity index (χ4v) is 4.33. The number of rotatable bonds is 5. The molecule has 7 heteroatoms. The Morgan fingerprint density at radius 2 is 1.87 bits per heavy atom. The van der Waals surface area contributed by atoms with Gasteiger partial charge in [0.25, 0.3) is 5.91 Å². The van der Waals surface area contributed by atoms with E-state index in [-0.39, 0.29) is 11.8 Å². The summed E-state index contributed by atoms with van der Waals surface area (Å²) in [5.74, 6) is 0.492. The Morgan fingerprint density at radius 1 is 1.10 bits per heavy atom. The molecule has 1 atom stereocenters. The van der Waals surface area contributed by atoms with E-state index in [1.807, 2.05) is 47.8 Å². The van der Waals surface area contributed by atoms with E-state index < -0.39 is 6.04 Å². The summed E-state index contributed by atoms with van der Waals surface area (Å²) in [5.41, 5.74) is 2.35. The van der Waals surface area contributed by atoms with Gasteiger partial charge in [-0.3, -0.25) is 9.59 Å². The third kappa shape index (κ3) is 4.36. The van der Waals surface area contributed by atoms with E-state index in [9.17, 15) is 9.59 Å². The Balaban J connectivity index is 1.47. The molecule has 154 valence electrons. The Hall–Kier alpha value is -3.19. The van der Waals surface area contributed by atoms with E-state index in [0.717, 1.165) is 29.8 Å². The number of methoxy groups -OCH3 is 1. The predicted octanol–water partition coefficient (Wildman–Crippen LogP) is 4.45. The Labute approximate surface area is 179 Å². The maximum atomic E-state index is 13.0. The van der Waals surface area contributed by atoms with Gasteiger partial charge in [-0.05, 0) is 55.7 Å². The second-order valence-electron chi connectivity index (χ2n) is 7.13. The molecule has 6 nitrogen and oxygen atoms in total. The van der Waals surface area contributed by atoms with Crippen molar-refractivity contribution in [3.63, 3.8) is 0 Å². The van der Waals surface area contributed by atoms with Crippen LogP contribution in [0.5, 0.6) is 5.75 Å². The number of amides is 2. The molecule has 30 heavy (non-hydrogen) atoms. The third-order valence-electron chi connectivity index (χ3n) is 5.21. The van der Waals surface area contributed by atoms with Gasteiger partial charge in [0.2, 0.25) is 5.91 Å². The monoisotopic (exact) mass is 421 g/mol. The summed E-state index contributed by atoms with van der Waals surface area (Å²) in [6, 6.07) is 16.2. The number of nitrogens with one attached hydrogen (secondary N) is 1. The van der Waals surface area contributed by atoms with Crippen LogP contribution in [0, 0.1) is 0 Å². The number of carbonyl (C=O) groups is 2. The van der Waals surface area contributed by atoms with E-state index in [2.05, 4.69) is 10.3 Å². The van der Waals surface area contributed by atoms with Crippen LogP contribution in [0.25, 0.3) is 11.3 Å². The van der Waals surface area contributed by atoms with Crippen LogP contribution in [0.4, 0.5) is 5.13 Å². The minimum atomic E-state index is -0.486. The first kappa shape index (κ1) is 20.1. The van der Waals surface area contributed by atoms with Gasteiger partial charge in [-0.25, -0.2) is 4.98 Å². The van der Waals surface area contributed by atoms with Crippen LogP contribution in [0.2, 0.25) is 0 Å². The number of likely N-dealkylation sites (tertiary alicyclic amines) is 1. The average molecular weight is 422 g/mol. The molecule has 2 heterocycles. The van der Waals surface area contributed by atoms with Crippen molar-refractivity contribution in [3.8, 4) is 17.0 Å². The SMILES string of the molecule is COc1ccc(-c2csc(NC(=O)[C@H]3CCCCN3C(=O)c3ccccc3)n2)cc1. The van der Waals surface area contributed by atoms with Crippen molar-refractivity contribution in [3.05, 3.63) is 65.5 Å². The molecule has 1 aliphatic rings. The smallest absolute Gasteiger partial charge is 0.254 e. The van der Waals surface area contributed by atoms with Gasteiger partial charge in [0.15, 0.2) is 5.13 Å². The fraction of sp³-hybridized carbons (Fsp3) is 0.261. The second-order valence-corrected chi connectivity index (χ2v) is 7.99. The number of carbonyl (C=O) groups excluding carboxylic acids is 2. The number of aromatic nitrogens is 1. The molecule has 0 unspecified atom stereocenters. The maximum absolute atomic E-state index is 13.0. The Morgan fingerprint density at radius 3 is 2.60 bits per heavy atom. The quantitative estimate of drug-likeness (QED) is 0.661. The van der Waals surface area contributed by atoms with Crippen molar-refractivity contribution >= 4 is 28.3 Å². The largest absolute Gasteiger partial charge is 0.497 e. The first-order valence-corrected chi connectivity index (χ1v) is 10.8. The van der Waals surface area contributed by atoms with Crippen LogP contribution < -0.4 is 10.1 Å². The molecule has 1 aliphatic heterocycles. The van der Waals surface area contributed by atoms with Gasteiger partial charge in [-0.2, -0.15) is 0 Å². The lowest BCUT2D eigenvalue weighted by molar-refractivity contribution is -0.121. The molecule has 0 bridgehead atoms. The highest BCUT2D eigenvalue weighted by atomic mass is 32.1. The topological polar surface area (TPSA) is 71.5 Å². The summed E-state index contributed by atoms with van der Waals surface area (Å²) >= 11 is 1.37. The zero-order valence-electron chi connectivity index (χ0n) is 16.7. The number of hydrogen-bond donors (Lipinski definition) is 1. The average Bonchev–Trinajstić information content (AvgIpc) is 3.27. The van der Waals surface area contributed by atoms with Crippen LogP contribution in [-0.2, 0) is 4.79 Å². The summed E-state index contributed by atoms with van der Waals surface area (Å²) < 4.78 is 5.18. The van der Waals surface area contributed by atoms with Crippen LogP contribution in [0.3, 0.4) is 0 Å². The second kappa shape index (κ2) is 9.09. The zero-order valence-corrected chi connectivity index (χ0v) is 17.5. The summed E-state index contributed by atoms with van der Waals surface area (Å²) in [4.78, 5) is 32.1. The summed E-state index contributed by atoms with van der Waals surface area (Å²) in [6.07, 6.45) is 2.48. The lowest BCUT2D eigenvalue weighted by Gasteiger charge is -2.34. The molecule has 0 aliphatic carbocycles. The molecule has 2 amide bonds. The first-order valence-electron chi connectivity index (χ1n) is 9.92. The van der Waals surface area contributed by atoms with E-state index in [1.54, 1.807) is 24.1 Å². The van der Waals surface area contributed by atoms with E-state index in [0.29, 0.717) is 23.7 Å². The zero-order chi connectivity index (χ0) is 20.9. The molecule has 1 aromatic heterocycles. The number of nitrogens with zero attached hydrogens (tertiary/aromatic N) is 2. The number of benzene rings is 2. The van der Waals surface area contributed by atoms with Crippen molar-refractivity contribution in [2.75, 3.05) is 19.0 Å². The molecule has 0 spiro atoms. The van der Waals surface area contributed by atoms with Crippen molar-refractivity contribution in [2.24, 2.45) is 0 Å². The van der Waals surface area contributed by atoms with Crippen molar-refractivity contribution in [1.29, 1.82) is 0 Å². The van der Waals surface area contributed by atoms with Crippen LogP contribution in [-0.4, -0.2) is 41.4 Å². The number of piperidine rings is 1. The molecule has 3 aromatic rings.